The Balaban J connectivity index is 2.29. The molecule has 0 aromatic rings. The van der Waals surface area contributed by atoms with Gasteiger partial charge in [0.05, 0.1) is 19.3 Å². The average Bonchev–Trinajstić information content (AvgIpc) is 3.91. The highest BCUT2D eigenvalue weighted by Crippen LogP contribution is 2.43. The van der Waals surface area contributed by atoms with Gasteiger partial charge in [-0.3, -0.25) is 18.6 Å². The number of carbonyl (C=O) groups excluding carboxylic acids is 2. The lowest BCUT2D eigenvalue weighted by molar-refractivity contribution is -0.161. The van der Waals surface area contributed by atoms with Crippen molar-refractivity contribution in [3.63, 3.8) is 0 Å². The zero-order chi connectivity index (χ0) is 39.4. The van der Waals surface area contributed by atoms with E-state index in [9.17, 15) is 19.0 Å². The van der Waals surface area contributed by atoms with Crippen LogP contribution < -0.4 is 5.73 Å². The minimum atomic E-state index is -4.41. The fraction of sp³-hybridized carbons (Fsp3) is 0.721. The topological polar surface area (TPSA) is 147 Å². The highest BCUT2D eigenvalue weighted by atomic mass is 31.2. The Labute approximate surface area is 327 Å². The molecule has 0 aromatic carbocycles. The van der Waals surface area contributed by atoms with Crippen LogP contribution in [-0.4, -0.2) is 61.5 Å². The molecule has 0 radical (unpaired) electrons. The van der Waals surface area contributed by atoms with Crippen LogP contribution in [0.3, 0.4) is 0 Å². The standard InChI is InChI=1S/C43H74NO9P/c1-3-5-7-9-11-13-15-17-18-19-21-23-25-27-29-33-42(45)49-37-39(38-51-54(47,48)50-36-35-44)52-43(46)34-30-32-41-40(53-41)31-28-26-24-22-20-16-14-12-10-8-6-4-2/h12,14,17-18,20,22,24,26,28,31,39-41H,3-11,13,15-16,19,21,23,25,27,29-30,32-38,44H2,1-2H3,(H,47,48)/b14-12+,18-17-,22-20+,26-24-,31-28-. The third-order valence-electron chi connectivity index (χ3n) is 8.84. The SMILES string of the molecule is CCCCC/C=C/C/C=C/C=C\C=C/C1OC1CCCC(=O)OC(COC(=O)CCCCCCC/C=C\CCCCCCCC)COP(=O)(O)OCCN. The van der Waals surface area contributed by atoms with Crippen LogP contribution in [0.1, 0.15) is 155 Å². The van der Waals surface area contributed by atoms with Gasteiger partial charge in [0, 0.05) is 19.4 Å². The molecule has 1 heterocycles. The van der Waals surface area contributed by atoms with Crippen molar-refractivity contribution in [1.29, 1.82) is 0 Å². The normalized spacial score (nSPS) is 17.7. The van der Waals surface area contributed by atoms with Crippen molar-refractivity contribution in [3.8, 4) is 0 Å². The number of hydrogen-bond acceptors (Lipinski definition) is 9. The van der Waals surface area contributed by atoms with Crippen molar-refractivity contribution in [1.82, 2.24) is 0 Å². The number of phosphoric acid groups is 1. The van der Waals surface area contributed by atoms with Crippen molar-refractivity contribution in [2.45, 2.75) is 173 Å². The second-order valence-corrected chi connectivity index (χ2v) is 15.4. The Morgan fingerprint density at radius 1 is 0.704 bits per heavy atom. The summed E-state index contributed by atoms with van der Waals surface area (Å²) >= 11 is 0. The first-order valence-electron chi connectivity index (χ1n) is 20.9. The van der Waals surface area contributed by atoms with E-state index in [1.807, 2.05) is 30.4 Å². The van der Waals surface area contributed by atoms with E-state index in [1.165, 1.54) is 64.2 Å². The number of rotatable bonds is 37. The van der Waals surface area contributed by atoms with Gasteiger partial charge < -0.3 is 24.8 Å². The van der Waals surface area contributed by atoms with E-state index in [4.69, 9.17) is 29.0 Å². The van der Waals surface area contributed by atoms with Gasteiger partial charge in [-0.2, -0.15) is 0 Å². The van der Waals surface area contributed by atoms with E-state index >= 15 is 0 Å². The third-order valence-corrected chi connectivity index (χ3v) is 9.83. The molecule has 1 aliphatic rings. The molecular formula is C43H74NO9P. The molecule has 0 amide bonds. The van der Waals surface area contributed by atoms with Crippen LogP contribution >= 0.6 is 7.82 Å². The van der Waals surface area contributed by atoms with Gasteiger partial charge in [0.25, 0.3) is 0 Å². The van der Waals surface area contributed by atoms with Crippen LogP contribution in [0.4, 0.5) is 0 Å². The van der Waals surface area contributed by atoms with E-state index in [2.05, 4.69) is 44.2 Å². The molecule has 1 saturated heterocycles. The van der Waals surface area contributed by atoms with Gasteiger partial charge in [-0.25, -0.2) is 4.57 Å². The fourth-order valence-corrected chi connectivity index (χ4v) is 6.38. The van der Waals surface area contributed by atoms with E-state index in [0.29, 0.717) is 19.3 Å². The van der Waals surface area contributed by atoms with Gasteiger partial charge in [-0.05, 0) is 64.2 Å². The summed E-state index contributed by atoms with van der Waals surface area (Å²) in [4.78, 5) is 34.9. The lowest BCUT2D eigenvalue weighted by atomic mass is 10.1. The lowest BCUT2D eigenvalue weighted by Gasteiger charge is -2.19. The molecule has 11 heteroatoms. The fourth-order valence-electron chi connectivity index (χ4n) is 5.61. The molecule has 3 N–H and O–H groups in total. The Hall–Kier alpha value is -2.33. The van der Waals surface area contributed by atoms with Gasteiger partial charge in [-0.15, -0.1) is 0 Å². The van der Waals surface area contributed by atoms with E-state index in [1.54, 1.807) is 0 Å². The van der Waals surface area contributed by atoms with Crippen molar-refractivity contribution in [2.24, 2.45) is 5.73 Å². The summed E-state index contributed by atoms with van der Waals surface area (Å²) in [6, 6.07) is 0. The van der Waals surface area contributed by atoms with E-state index in [0.717, 1.165) is 44.9 Å². The summed E-state index contributed by atoms with van der Waals surface area (Å²) in [5.41, 5.74) is 5.34. The molecule has 0 spiro atoms. The Bertz CT molecular complexity index is 1140. The van der Waals surface area contributed by atoms with Gasteiger partial charge in [-0.1, -0.05) is 139 Å². The van der Waals surface area contributed by atoms with Crippen molar-refractivity contribution in [2.75, 3.05) is 26.4 Å². The summed E-state index contributed by atoms with van der Waals surface area (Å²) < 4.78 is 38.4. The molecule has 0 saturated carbocycles. The minimum Gasteiger partial charge on any atom is -0.462 e. The highest BCUT2D eigenvalue weighted by Gasteiger charge is 2.35. The van der Waals surface area contributed by atoms with Gasteiger partial charge in [0.1, 0.15) is 12.7 Å². The number of ether oxygens (including phenoxy) is 3. The first-order chi connectivity index (χ1) is 26.3. The van der Waals surface area contributed by atoms with Crippen LogP contribution in [0.2, 0.25) is 0 Å². The average molecular weight is 780 g/mol. The molecule has 1 fully saturated rings. The number of hydrogen-bond donors (Lipinski definition) is 2. The van der Waals surface area contributed by atoms with Crippen molar-refractivity contribution < 1.29 is 42.3 Å². The molecular weight excluding hydrogens is 705 g/mol. The molecule has 10 nitrogen and oxygen atoms in total. The molecule has 0 aliphatic carbocycles. The van der Waals surface area contributed by atoms with Gasteiger partial charge >= 0.3 is 19.8 Å². The molecule has 4 unspecified atom stereocenters. The van der Waals surface area contributed by atoms with Gasteiger partial charge in [0.15, 0.2) is 6.10 Å². The maximum Gasteiger partial charge on any atom is 0.472 e. The first-order valence-corrected chi connectivity index (χ1v) is 22.4. The number of esters is 2. The quantitative estimate of drug-likeness (QED) is 0.0156. The van der Waals surface area contributed by atoms with Crippen LogP contribution in [-0.2, 0) is 37.4 Å². The largest absolute Gasteiger partial charge is 0.472 e. The second kappa shape index (κ2) is 35.1. The Morgan fingerprint density at radius 2 is 1.30 bits per heavy atom. The molecule has 310 valence electrons. The maximum atomic E-state index is 12.6. The van der Waals surface area contributed by atoms with Crippen LogP contribution in [0.5, 0.6) is 0 Å². The monoisotopic (exact) mass is 780 g/mol. The number of phosphoric ester groups is 1. The van der Waals surface area contributed by atoms with Gasteiger partial charge in [0.2, 0.25) is 0 Å². The molecule has 4 atom stereocenters. The van der Waals surface area contributed by atoms with Crippen LogP contribution in [0.15, 0.2) is 60.8 Å². The minimum absolute atomic E-state index is 0.0233. The molecule has 54 heavy (non-hydrogen) atoms. The summed E-state index contributed by atoms with van der Waals surface area (Å²) in [5, 5.41) is 0. The maximum absolute atomic E-state index is 12.6. The van der Waals surface area contributed by atoms with Crippen LogP contribution in [0.25, 0.3) is 0 Å². The van der Waals surface area contributed by atoms with Crippen LogP contribution in [0, 0.1) is 0 Å². The summed E-state index contributed by atoms with van der Waals surface area (Å²) in [6.45, 7) is 3.56. The molecule has 0 aromatic heterocycles. The predicted octanol–water partition coefficient (Wildman–Crippen LogP) is 10.7. The number of carbonyl (C=O) groups is 2. The Kier molecular flexibility index (Phi) is 32.3. The van der Waals surface area contributed by atoms with E-state index < -0.39 is 32.5 Å². The van der Waals surface area contributed by atoms with E-state index in [-0.39, 0.29) is 44.8 Å². The zero-order valence-corrected chi connectivity index (χ0v) is 34.5. The second-order valence-electron chi connectivity index (χ2n) is 13.9. The summed E-state index contributed by atoms with van der Waals surface area (Å²) in [6.07, 6.45) is 42.8. The smallest absolute Gasteiger partial charge is 0.462 e. The summed E-state index contributed by atoms with van der Waals surface area (Å²) in [7, 11) is -4.41. The predicted molar refractivity (Wildman–Crippen MR) is 219 cm³/mol. The molecule has 0 bridgehead atoms. The number of allylic oxidation sites excluding steroid dienone is 9. The highest BCUT2D eigenvalue weighted by molar-refractivity contribution is 7.47. The first kappa shape index (κ1) is 49.7. The Morgan fingerprint density at radius 3 is 2.00 bits per heavy atom. The molecule has 1 aliphatic heterocycles. The number of epoxide rings is 1. The van der Waals surface area contributed by atoms with Crippen molar-refractivity contribution in [3.05, 3.63) is 60.8 Å². The van der Waals surface area contributed by atoms with Crippen molar-refractivity contribution >= 4 is 19.8 Å². The summed E-state index contributed by atoms with van der Waals surface area (Å²) in [5.74, 6) is -0.938. The zero-order valence-electron chi connectivity index (χ0n) is 33.6. The number of nitrogens with two attached hydrogens (primary N) is 1. The third kappa shape index (κ3) is 32.0. The lowest BCUT2D eigenvalue weighted by Crippen LogP contribution is -2.29. The number of unbranched alkanes of at least 4 members (excludes halogenated alkanes) is 14. The molecule has 1 rings (SSSR count).